The molecule has 0 radical (unpaired) electrons. The molecule has 0 bridgehead atoms. The van der Waals surface area contributed by atoms with Crippen LogP contribution in [0.1, 0.15) is 46.5 Å². The van der Waals surface area contributed by atoms with Gasteiger partial charge in [-0.1, -0.05) is 38.5 Å². The lowest BCUT2D eigenvalue weighted by molar-refractivity contribution is 0.203. The Morgan fingerprint density at radius 2 is 1.86 bits per heavy atom. The molecule has 2 rings (SSSR count). The van der Waals surface area contributed by atoms with Gasteiger partial charge in [0.25, 0.3) is 0 Å². The first-order chi connectivity index (χ1) is 10.3. The van der Waals surface area contributed by atoms with E-state index in [9.17, 15) is 0 Å². The van der Waals surface area contributed by atoms with Crippen molar-refractivity contribution < 1.29 is 0 Å². The number of benzene rings is 1. The number of anilines is 1. The van der Waals surface area contributed by atoms with Crippen LogP contribution in [-0.4, -0.2) is 25.7 Å². The molecule has 0 aliphatic heterocycles. The lowest BCUT2D eigenvalue weighted by atomic mass is 9.76. The average Bonchev–Trinajstić information content (AvgIpc) is 2.55. The zero-order valence-corrected chi connectivity index (χ0v) is 14.0. The van der Waals surface area contributed by atoms with Crippen LogP contribution in [0.3, 0.4) is 0 Å². The predicted molar refractivity (Wildman–Crippen MR) is 92.9 cm³/mol. The number of nitrogens with zero attached hydrogens (tertiary/aromatic N) is 1. The fraction of sp³-hybridized carbons (Fsp3) is 0.684. The molecule has 21 heavy (non-hydrogen) atoms. The van der Waals surface area contributed by atoms with Crippen molar-refractivity contribution in [2.24, 2.45) is 11.8 Å². The van der Waals surface area contributed by atoms with Crippen molar-refractivity contribution in [3.63, 3.8) is 0 Å². The third-order valence-corrected chi connectivity index (χ3v) is 5.09. The second kappa shape index (κ2) is 8.43. The Balaban J connectivity index is 2.04. The Morgan fingerprint density at radius 3 is 2.48 bits per heavy atom. The van der Waals surface area contributed by atoms with Crippen molar-refractivity contribution in [2.75, 3.05) is 24.5 Å². The van der Waals surface area contributed by atoms with Crippen molar-refractivity contribution in [1.82, 2.24) is 5.32 Å². The van der Waals surface area contributed by atoms with Crippen LogP contribution in [0.4, 0.5) is 5.69 Å². The smallest absolute Gasteiger partial charge is 0.0366 e. The Morgan fingerprint density at radius 1 is 1.10 bits per heavy atom. The number of para-hydroxylation sites is 1. The third-order valence-electron chi connectivity index (χ3n) is 5.09. The molecule has 118 valence electrons. The molecule has 1 saturated carbocycles. The van der Waals surface area contributed by atoms with Crippen LogP contribution in [0, 0.1) is 11.8 Å². The average molecular weight is 288 g/mol. The largest absolute Gasteiger partial charge is 0.371 e. The maximum atomic E-state index is 3.73. The molecule has 0 saturated heterocycles. The summed E-state index contributed by atoms with van der Waals surface area (Å²) >= 11 is 0. The molecule has 2 heteroatoms. The molecule has 1 fully saturated rings. The SMILES string of the molecule is CCNC1CCC(CC)CC1CN(CC)c1ccccc1. The van der Waals surface area contributed by atoms with Gasteiger partial charge in [0.15, 0.2) is 0 Å². The van der Waals surface area contributed by atoms with Gasteiger partial charge in [-0.15, -0.1) is 0 Å². The monoisotopic (exact) mass is 288 g/mol. The molecule has 1 aromatic rings. The highest BCUT2D eigenvalue weighted by molar-refractivity contribution is 5.45. The van der Waals surface area contributed by atoms with Gasteiger partial charge in [-0.2, -0.15) is 0 Å². The van der Waals surface area contributed by atoms with Gasteiger partial charge >= 0.3 is 0 Å². The van der Waals surface area contributed by atoms with Gasteiger partial charge in [-0.05, 0) is 56.7 Å². The van der Waals surface area contributed by atoms with E-state index >= 15 is 0 Å². The fourth-order valence-electron chi connectivity index (χ4n) is 3.80. The molecule has 1 N–H and O–H groups in total. The van der Waals surface area contributed by atoms with Crippen molar-refractivity contribution in [3.05, 3.63) is 30.3 Å². The molecule has 2 nitrogen and oxygen atoms in total. The van der Waals surface area contributed by atoms with Crippen LogP contribution < -0.4 is 10.2 Å². The van der Waals surface area contributed by atoms with Crippen molar-refractivity contribution >= 4 is 5.69 Å². The summed E-state index contributed by atoms with van der Waals surface area (Å²) in [7, 11) is 0. The normalized spacial score (nSPS) is 25.8. The topological polar surface area (TPSA) is 15.3 Å². The van der Waals surface area contributed by atoms with E-state index < -0.39 is 0 Å². The second-order valence-corrected chi connectivity index (χ2v) is 6.39. The zero-order chi connectivity index (χ0) is 15.1. The van der Waals surface area contributed by atoms with E-state index in [1.807, 2.05) is 0 Å². The molecule has 0 aromatic heterocycles. The van der Waals surface area contributed by atoms with E-state index in [4.69, 9.17) is 0 Å². The minimum Gasteiger partial charge on any atom is -0.371 e. The lowest BCUT2D eigenvalue weighted by Crippen LogP contribution is -2.46. The molecular formula is C19H32N2. The highest BCUT2D eigenvalue weighted by atomic mass is 15.1. The van der Waals surface area contributed by atoms with Crippen LogP contribution in [0.15, 0.2) is 30.3 Å². The van der Waals surface area contributed by atoms with E-state index in [1.165, 1.54) is 37.9 Å². The molecule has 3 atom stereocenters. The highest BCUT2D eigenvalue weighted by Crippen LogP contribution is 2.32. The van der Waals surface area contributed by atoms with Crippen LogP contribution in [0.25, 0.3) is 0 Å². The van der Waals surface area contributed by atoms with Crippen LogP contribution in [0.5, 0.6) is 0 Å². The van der Waals surface area contributed by atoms with E-state index in [0.717, 1.165) is 24.9 Å². The summed E-state index contributed by atoms with van der Waals surface area (Å²) in [5, 5.41) is 3.73. The summed E-state index contributed by atoms with van der Waals surface area (Å²) in [5.74, 6) is 1.71. The zero-order valence-electron chi connectivity index (χ0n) is 14.0. The standard InChI is InChI=1S/C19H32N2/c1-4-16-12-13-19(20-5-2)17(14-16)15-21(6-3)18-10-8-7-9-11-18/h7-11,16-17,19-20H,4-6,12-15H2,1-3H3. The summed E-state index contributed by atoms with van der Waals surface area (Å²) in [5.41, 5.74) is 1.37. The summed E-state index contributed by atoms with van der Waals surface area (Å²) in [4.78, 5) is 2.55. The molecule has 0 spiro atoms. The summed E-state index contributed by atoms with van der Waals surface area (Å²) in [6.07, 6.45) is 5.48. The predicted octanol–water partition coefficient (Wildman–Crippen LogP) is 4.32. The van der Waals surface area contributed by atoms with Crippen LogP contribution in [0.2, 0.25) is 0 Å². The van der Waals surface area contributed by atoms with Gasteiger partial charge in [0.05, 0.1) is 0 Å². The minimum atomic E-state index is 0.704. The van der Waals surface area contributed by atoms with E-state index in [0.29, 0.717) is 6.04 Å². The Bertz CT molecular complexity index is 390. The summed E-state index contributed by atoms with van der Waals surface area (Å²) in [6.45, 7) is 10.2. The van der Waals surface area contributed by atoms with Gasteiger partial charge in [0, 0.05) is 24.8 Å². The molecular weight excluding hydrogens is 256 g/mol. The second-order valence-electron chi connectivity index (χ2n) is 6.39. The summed E-state index contributed by atoms with van der Waals surface area (Å²) in [6, 6.07) is 11.6. The van der Waals surface area contributed by atoms with E-state index in [1.54, 1.807) is 0 Å². The number of hydrogen-bond acceptors (Lipinski definition) is 2. The number of hydrogen-bond donors (Lipinski definition) is 1. The molecule has 3 unspecified atom stereocenters. The van der Waals surface area contributed by atoms with Crippen molar-refractivity contribution in [1.29, 1.82) is 0 Å². The molecule has 0 amide bonds. The minimum absolute atomic E-state index is 0.704. The van der Waals surface area contributed by atoms with Crippen molar-refractivity contribution in [3.8, 4) is 0 Å². The first-order valence-electron chi connectivity index (χ1n) is 8.81. The molecule has 1 aromatic carbocycles. The van der Waals surface area contributed by atoms with Crippen LogP contribution in [-0.2, 0) is 0 Å². The fourth-order valence-corrected chi connectivity index (χ4v) is 3.80. The Kier molecular flexibility index (Phi) is 6.56. The molecule has 0 heterocycles. The summed E-state index contributed by atoms with van der Waals surface area (Å²) < 4.78 is 0. The Labute approximate surface area is 130 Å². The van der Waals surface area contributed by atoms with Gasteiger partial charge in [-0.25, -0.2) is 0 Å². The lowest BCUT2D eigenvalue weighted by Gasteiger charge is -2.39. The first kappa shape index (κ1) is 16.4. The maximum absolute atomic E-state index is 3.73. The van der Waals surface area contributed by atoms with Gasteiger partial charge in [0.2, 0.25) is 0 Å². The third kappa shape index (κ3) is 4.47. The molecule has 1 aliphatic carbocycles. The molecule has 1 aliphatic rings. The van der Waals surface area contributed by atoms with E-state index in [2.05, 4.69) is 61.3 Å². The van der Waals surface area contributed by atoms with Gasteiger partial charge in [-0.3, -0.25) is 0 Å². The highest BCUT2D eigenvalue weighted by Gasteiger charge is 2.30. The van der Waals surface area contributed by atoms with Crippen molar-refractivity contribution in [2.45, 2.75) is 52.5 Å². The van der Waals surface area contributed by atoms with Crippen LogP contribution >= 0.6 is 0 Å². The maximum Gasteiger partial charge on any atom is 0.0366 e. The number of rotatable bonds is 7. The Hall–Kier alpha value is -1.02. The van der Waals surface area contributed by atoms with Gasteiger partial charge < -0.3 is 10.2 Å². The van der Waals surface area contributed by atoms with Gasteiger partial charge in [0.1, 0.15) is 0 Å². The quantitative estimate of drug-likeness (QED) is 0.804. The number of nitrogens with one attached hydrogen (secondary N) is 1. The van der Waals surface area contributed by atoms with E-state index in [-0.39, 0.29) is 0 Å². The first-order valence-corrected chi connectivity index (χ1v) is 8.81.